The van der Waals surface area contributed by atoms with E-state index >= 15 is 0 Å². The molecule has 2 aromatic heterocycles. The van der Waals surface area contributed by atoms with Crippen LogP contribution >= 0.6 is 34.7 Å². The molecule has 9 heteroatoms. The van der Waals surface area contributed by atoms with E-state index in [9.17, 15) is 4.79 Å². The molecule has 4 rings (SSSR count). The Labute approximate surface area is 186 Å². The lowest BCUT2D eigenvalue weighted by Gasteiger charge is -2.11. The molecule has 1 N–H and O–H groups in total. The summed E-state index contributed by atoms with van der Waals surface area (Å²) in [5.41, 5.74) is 1.44. The van der Waals surface area contributed by atoms with Crippen molar-refractivity contribution in [3.63, 3.8) is 0 Å². The highest BCUT2D eigenvalue weighted by molar-refractivity contribution is 7.99. The second-order valence-corrected chi connectivity index (χ2v) is 8.43. The highest BCUT2D eigenvalue weighted by atomic mass is 35.5. The zero-order chi connectivity index (χ0) is 20.9. The molecule has 2 heterocycles. The topological polar surface area (TPSA) is 69.0 Å². The minimum absolute atomic E-state index is 0.164. The number of hydrogen-bond acceptors (Lipinski definition) is 6. The first kappa shape index (κ1) is 20.5. The van der Waals surface area contributed by atoms with Crippen molar-refractivity contribution in [2.45, 2.75) is 5.16 Å². The summed E-state index contributed by atoms with van der Waals surface area (Å²) in [5, 5.41) is 14.6. The molecule has 0 saturated carbocycles. The van der Waals surface area contributed by atoms with Crippen LogP contribution in [0.25, 0.3) is 16.4 Å². The highest BCUT2D eigenvalue weighted by Gasteiger charge is 2.18. The van der Waals surface area contributed by atoms with Crippen LogP contribution in [0.15, 0.2) is 71.2 Å². The van der Waals surface area contributed by atoms with E-state index in [1.165, 1.54) is 11.8 Å². The van der Waals surface area contributed by atoms with Crippen LogP contribution in [0.4, 0.5) is 5.69 Å². The number of thioether (sulfide) groups is 1. The summed E-state index contributed by atoms with van der Waals surface area (Å²) in [7, 11) is 1.63. The fraction of sp³-hybridized carbons (Fsp3) is 0.0952. The number of nitrogens with zero attached hydrogens (tertiary/aromatic N) is 3. The van der Waals surface area contributed by atoms with Gasteiger partial charge in [-0.15, -0.1) is 21.5 Å². The van der Waals surface area contributed by atoms with E-state index in [4.69, 9.17) is 16.3 Å². The van der Waals surface area contributed by atoms with Gasteiger partial charge < -0.3 is 10.1 Å². The van der Waals surface area contributed by atoms with Crippen LogP contribution < -0.4 is 10.1 Å². The van der Waals surface area contributed by atoms with E-state index in [0.717, 1.165) is 16.3 Å². The van der Waals surface area contributed by atoms with Crippen LogP contribution in [-0.4, -0.2) is 33.5 Å². The smallest absolute Gasteiger partial charge is 0.234 e. The quantitative estimate of drug-likeness (QED) is 0.377. The number of carbonyl (C=O) groups is 1. The van der Waals surface area contributed by atoms with Gasteiger partial charge in [0, 0.05) is 6.07 Å². The van der Waals surface area contributed by atoms with Crippen LogP contribution in [0.5, 0.6) is 5.75 Å². The number of benzene rings is 2. The minimum atomic E-state index is -0.175. The summed E-state index contributed by atoms with van der Waals surface area (Å²) in [6.07, 6.45) is 0. The molecule has 4 aromatic rings. The molecule has 0 unspecified atom stereocenters. The van der Waals surface area contributed by atoms with Gasteiger partial charge in [-0.05, 0) is 35.7 Å². The number of carbonyl (C=O) groups excluding carboxylic acids is 1. The third-order valence-electron chi connectivity index (χ3n) is 4.17. The third-order valence-corrected chi connectivity index (χ3v) is 6.29. The predicted octanol–water partition coefficient (Wildman–Crippen LogP) is 5.39. The number of anilines is 1. The van der Waals surface area contributed by atoms with Gasteiger partial charge >= 0.3 is 0 Å². The Kier molecular flexibility index (Phi) is 6.37. The number of halogens is 1. The van der Waals surface area contributed by atoms with Gasteiger partial charge in [0.1, 0.15) is 5.75 Å². The molecule has 0 radical (unpaired) electrons. The van der Waals surface area contributed by atoms with E-state index in [2.05, 4.69) is 15.5 Å². The molecule has 0 saturated heterocycles. The molecular weight excluding hydrogens is 440 g/mol. The summed E-state index contributed by atoms with van der Waals surface area (Å²) in [5.74, 6) is 1.43. The highest BCUT2D eigenvalue weighted by Crippen LogP contribution is 2.31. The Morgan fingerprint density at radius 3 is 2.80 bits per heavy atom. The van der Waals surface area contributed by atoms with Crippen LogP contribution in [0.1, 0.15) is 0 Å². The van der Waals surface area contributed by atoms with Crippen LogP contribution in [-0.2, 0) is 4.79 Å². The van der Waals surface area contributed by atoms with Crippen molar-refractivity contribution < 1.29 is 9.53 Å². The fourth-order valence-corrected chi connectivity index (χ4v) is 4.42. The number of methoxy groups -OCH3 is 1. The first-order valence-corrected chi connectivity index (χ1v) is 11.2. The molecule has 0 atom stereocenters. The van der Waals surface area contributed by atoms with Gasteiger partial charge in [-0.2, -0.15) is 0 Å². The van der Waals surface area contributed by atoms with Gasteiger partial charge in [0.05, 0.1) is 34.1 Å². The largest absolute Gasteiger partial charge is 0.497 e. The maximum absolute atomic E-state index is 12.5. The zero-order valence-corrected chi connectivity index (χ0v) is 18.3. The molecule has 152 valence electrons. The first-order chi connectivity index (χ1) is 14.7. The number of rotatable bonds is 7. The van der Waals surface area contributed by atoms with Crippen molar-refractivity contribution >= 4 is 46.3 Å². The Morgan fingerprint density at radius 1 is 1.17 bits per heavy atom. The Bertz CT molecular complexity index is 1160. The van der Waals surface area contributed by atoms with E-state index < -0.39 is 0 Å². The summed E-state index contributed by atoms with van der Waals surface area (Å²) >= 11 is 9.00. The molecule has 1 amide bonds. The van der Waals surface area contributed by atoms with Crippen molar-refractivity contribution in [3.8, 4) is 22.1 Å². The van der Waals surface area contributed by atoms with Crippen LogP contribution in [0.2, 0.25) is 5.02 Å². The Balaban J connectivity index is 1.60. The Hall–Kier alpha value is -2.81. The second kappa shape index (κ2) is 9.34. The molecule has 0 aliphatic carbocycles. The molecule has 0 fully saturated rings. The van der Waals surface area contributed by atoms with Crippen molar-refractivity contribution in [1.82, 2.24) is 14.8 Å². The Morgan fingerprint density at radius 2 is 2.03 bits per heavy atom. The van der Waals surface area contributed by atoms with Gasteiger partial charge in [-0.3, -0.25) is 9.36 Å². The zero-order valence-electron chi connectivity index (χ0n) is 15.9. The lowest BCUT2D eigenvalue weighted by atomic mass is 10.3. The number of para-hydroxylation sites is 1. The van der Waals surface area contributed by atoms with E-state index in [0.29, 0.717) is 21.7 Å². The van der Waals surface area contributed by atoms with E-state index in [1.807, 2.05) is 58.5 Å². The van der Waals surface area contributed by atoms with Gasteiger partial charge in [0.2, 0.25) is 5.91 Å². The maximum Gasteiger partial charge on any atom is 0.234 e. The summed E-state index contributed by atoms with van der Waals surface area (Å²) in [4.78, 5) is 13.4. The van der Waals surface area contributed by atoms with Gasteiger partial charge in [0.25, 0.3) is 0 Å². The summed E-state index contributed by atoms with van der Waals surface area (Å²) < 4.78 is 7.30. The van der Waals surface area contributed by atoms with Crippen molar-refractivity contribution in [1.29, 1.82) is 0 Å². The number of amides is 1. The predicted molar refractivity (Wildman–Crippen MR) is 122 cm³/mol. The number of aromatic nitrogens is 3. The molecular formula is C21H17ClN4O2S2. The molecule has 0 spiro atoms. The molecule has 2 aromatic carbocycles. The number of nitrogens with one attached hydrogen (secondary N) is 1. The minimum Gasteiger partial charge on any atom is -0.497 e. The average molecular weight is 457 g/mol. The first-order valence-electron chi connectivity index (χ1n) is 8.96. The number of thiophene rings is 1. The van der Waals surface area contributed by atoms with E-state index in [-0.39, 0.29) is 11.7 Å². The van der Waals surface area contributed by atoms with Crippen LogP contribution in [0, 0.1) is 0 Å². The molecule has 0 aliphatic heterocycles. The standard InChI is InChI=1S/C21H17ClN4O2S2/c1-28-15-7-4-6-14(12-15)26-20(18-10-5-11-29-18)24-25-21(26)30-13-19(27)23-17-9-3-2-8-16(17)22/h2-12H,13H2,1H3,(H,23,27). The average Bonchev–Trinajstić information content (AvgIpc) is 3.43. The normalized spacial score (nSPS) is 10.7. The molecule has 0 bridgehead atoms. The maximum atomic E-state index is 12.5. The summed E-state index contributed by atoms with van der Waals surface area (Å²) in [6, 6.07) is 18.7. The molecule has 0 aliphatic rings. The van der Waals surface area contributed by atoms with Crippen molar-refractivity contribution in [2.24, 2.45) is 0 Å². The lowest BCUT2D eigenvalue weighted by molar-refractivity contribution is -0.113. The third kappa shape index (κ3) is 4.51. The molecule has 6 nitrogen and oxygen atoms in total. The van der Waals surface area contributed by atoms with Crippen LogP contribution in [0.3, 0.4) is 0 Å². The van der Waals surface area contributed by atoms with E-state index in [1.54, 1.807) is 30.6 Å². The SMILES string of the molecule is COc1cccc(-n2c(SCC(=O)Nc3ccccc3Cl)nnc2-c2cccs2)c1. The fourth-order valence-electron chi connectivity index (χ4n) is 2.79. The second-order valence-electron chi connectivity index (χ2n) is 6.14. The number of ether oxygens (including phenoxy) is 1. The summed E-state index contributed by atoms with van der Waals surface area (Å²) in [6.45, 7) is 0. The number of hydrogen-bond donors (Lipinski definition) is 1. The van der Waals surface area contributed by atoms with Gasteiger partial charge in [-0.1, -0.05) is 47.6 Å². The van der Waals surface area contributed by atoms with Crippen molar-refractivity contribution in [3.05, 3.63) is 71.1 Å². The van der Waals surface area contributed by atoms with Gasteiger partial charge in [-0.25, -0.2) is 0 Å². The lowest BCUT2D eigenvalue weighted by Crippen LogP contribution is -2.14. The monoisotopic (exact) mass is 456 g/mol. The van der Waals surface area contributed by atoms with Gasteiger partial charge in [0.15, 0.2) is 11.0 Å². The van der Waals surface area contributed by atoms with Crippen molar-refractivity contribution in [2.75, 3.05) is 18.2 Å². The molecule has 30 heavy (non-hydrogen) atoms.